The highest BCUT2D eigenvalue weighted by Gasteiger charge is 2.50. The number of aromatic nitrogens is 3. The van der Waals surface area contributed by atoms with Crippen LogP contribution < -0.4 is 10.9 Å². The largest absolute Gasteiger partial charge is 0.343 e. The van der Waals surface area contributed by atoms with E-state index >= 15 is 0 Å². The first-order chi connectivity index (χ1) is 11.5. The van der Waals surface area contributed by atoms with Crippen LogP contribution in [0.2, 0.25) is 0 Å². The number of H-pyrrole nitrogens is 2. The second kappa shape index (κ2) is 5.18. The van der Waals surface area contributed by atoms with Crippen LogP contribution in [-0.2, 0) is 9.73 Å². The van der Waals surface area contributed by atoms with Gasteiger partial charge < -0.3 is 20.3 Å². The van der Waals surface area contributed by atoms with E-state index in [1.54, 1.807) is 18.3 Å². The minimum atomic E-state index is -2.22. The molecule has 2 aromatic heterocycles. The Morgan fingerprint density at radius 3 is 2.92 bits per heavy atom. The van der Waals surface area contributed by atoms with Crippen LogP contribution in [0.1, 0.15) is 22.7 Å². The van der Waals surface area contributed by atoms with E-state index in [-0.39, 0.29) is 12.2 Å². The summed E-state index contributed by atoms with van der Waals surface area (Å²) in [6, 6.07) is 3.48. The van der Waals surface area contributed by atoms with Crippen molar-refractivity contribution in [1.82, 2.24) is 15.2 Å². The lowest BCUT2D eigenvalue weighted by atomic mass is 9.91. The molecule has 1 saturated heterocycles. The van der Waals surface area contributed by atoms with Crippen LogP contribution in [0.25, 0.3) is 0 Å². The maximum atomic E-state index is 11.7. The lowest BCUT2D eigenvalue weighted by molar-refractivity contribution is -0.415. The fourth-order valence-electron chi connectivity index (χ4n) is 2.86. The molecule has 1 fully saturated rings. The predicted octanol–water partition coefficient (Wildman–Crippen LogP) is -0.132. The molecule has 2 atom stereocenters. The van der Waals surface area contributed by atoms with Crippen molar-refractivity contribution in [3.05, 3.63) is 45.5 Å². The van der Waals surface area contributed by atoms with E-state index in [2.05, 4.69) is 25.5 Å². The van der Waals surface area contributed by atoms with Crippen LogP contribution in [0.15, 0.2) is 28.1 Å². The summed E-state index contributed by atoms with van der Waals surface area (Å²) in [5, 5.41) is 28.2. The summed E-state index contributed by atoms with van der Waals surface area (Å²) < 4.78 is 4.82. The van der Waals surface area contributed by atoms with Crippen molar-refractivity contribution in [2.24, 2.45) is 4.99 Å². The number of pyridine rings is 1. The van der Waals surface area contributed by atoms with E-state index in [1.165, 1.54) is 18.0 Å². The number of aliphatic imine (C=N–C) groups is 1. The molecule has 9 nitrogen and oxygen atoms in total. The number of aliphatic hydroxyl groups is 2. The number of anilines is 1. The molecule has 0 aromatic carbocycles. The average Bonchev–Trinajstić information content (AvgIpc) is 2.94. The molecule has 4 heterocycles. The molecule has 4 rings (SSSR count). The van der Waals surface area contributed by atoms with Gasteiger partial charge in [0.25, 0.3) is 11.5 Å². The van der Waals surface area contributed by atoms with Gasteiger partial charge in [0, 0.05) is 12.4 Å². The standard InChI is InChI=1S/C14H15N5O4S/c1-24-13(16-5-8-11(17-13)18-19-12(8)20)10-7(3-2-4-15-10)9-6-23-14(9,21)22/h2-5,9,21-22H,6H2,1H3,(H3,17,18,19,20). The number of aromatic amines is 2. The minimum Gasteiger partial charge on any atom is -0.343 e. The van der Waals surface area contributed by atoms with Gasteiger partial charge in [0.05, 0.1) is 12.5 Å². The highest BCUT2D eigenvalue weighted by atomic mass is 32.2. The number of rotatable bonds is 3. The average molecular weight is 349 g/mol. The summed E-state index contributed by atoms with van der Waals surface area (Å²) in [4.78, 5) is 19.6. The van der Waals surface area contributed by atoms with Crippen LogP contribution in [0.5, 0.6) is 0 Å². The van der Waals surface area contributed by atoms with Crippen molar-refractivity contribution in [2.75, 3.05) is 18.2 Å². The lowest BCUT2D eigenvalue weighted by Gasteiger charge is -2.42. The Morgan fingerprint density at radius 1 is 1.42 bits per heavy atom. The van der Waals surface area contributed by atoms with Gasteiger partial charge in [0.2, 0.25) is 4.99 Å². The predicted molar refractivity (Wildman–Crippen MR) is 87.9 cm³/mol. The summed E-state index contributed by atoms with van der Waals surface area (Å²) in [5.74, 6) is -2.34. The fraction of sp³-hybridized carbons (Fsp3) is 0.357. The Bertz CT molecular complexity index is 876. The van der Waals surface area contributed by atoms with Gasteiger partial charge in [-0.25, -0.2) is 4.99 Å². The van der Waals surface area contributed by atoms with Crippen molar-refractivity contribution in [3.8, 4) is 0 Å². The molecule has 0 bridgehead atoms. The highest BCUT2D eigenvalue weighted by molar-refractivity contribution is 7.99. The van der Waals surface area contributed by atoms with Crippen molar-refractivity contribution in [3.63, 3.8) is 0 Å². The Morgan fingerprint density at radius 2 is 2.25 bits per heavy atom. The SMILES string of the molecule is CSC1(c2ncccc2C2COC2(O)O)N=Cc2c([nH][nH]c2=O)N1. The topological polar surface area (TPSA) is 136 Å². The molecule has 0 amide bonds. The molecule has 0 spiro atoms. The molecule has 2 unspecified atom stereocenters. The third kappa shape index (κ3) is 2.11. The van der Waals surface area contributed by atoms with E-state index < -0.39 is 16.9 Å². The van der Waals surface area contributed by atoms with Crippen molar-refractivity contribution >= 4 is 23.8 Å². The Labute approximate surface area is 140 Å². The smallest absolute Gasteiger partial charge is 0.287 e. The first-order valence-electron chi connectivity index (χ1n) is 7.20. The molecule has 10 heteroatoms. The third-order valence-corrected chi connectivity index (χ3v) is 5.22. The number of hydrogen-bond acceptors (Lipinski definition) is 8. The summed E-state index contributed by atoms with van der Waals surface area (Å²) in [6.07, 6.45) is 4.94. The summed E-state index contributed by atoms with van der Waals surface area (Å²) in [6.45, 7) is 0.173. The number of fused-ring (bicyclic) bond motifs is 1. The van der Waals surface area contributed by atoms with Crippen molar-refractivity contribution < 1.29 is 14.9 Å². The van der Waals surface area contributed by atoms with Crippen LogP contribution in [-0.4, -0.2) is 50.4 Å². The summed E-state index contributed by atoms with van der Waals surface area (Å²) in [5.41, 5.74) is 1.29. The molecule has 0 saturated carbocycles. The zero-order valence-corrected chi connectivity index (χ0v) is 13.4. The van der Waals surface area contributed by atoms with Crippen LogP contribution in [0.3, 0.4) is 0 Å². The molecule has 0 radical (unpaired) electrons. The molecule has 24 heavy (non-hydrogen) atoms. The van der Waals surface area contributed by atoms with Gasteiger partial charge in [-0.15, -0.1) is 11.8 Å². The van der Waals surface area contributed by atoms with Gasteiger partial charge in [0.1, 0.15) is 17.1 Å². The number of nitrogens with one attached hydrogen (secondary N) is 3. The molecule has 2 aliphatic rings. The maximum absolute atomic E-state index is 11.7. The highest BCUT2D eigenvalue weighted by Crippen LogP contribution is 2.45. The van der Waals surface area contributed by atoms with Crippen molar-refractivity contribution in [2.45, 2.75) is 16.9 Å². The molecule has 5 N–H and O–H groups in total. The maximum Gasteiger partial charge on any atom is 0.287 e. The van der Waals surface area contributed by atoms with E-state index in [4.69, 9.17) is 4.74 Å². The summed E-state index contributed by atoms with van der Waals surface area (Å²) in [7, 11) is 0. The zero-order valence-electron chi connectivity index (χ0n) is 12.6. The van der Waals surface area contributed by atoms with Gasteiger partial charge in [-0.05, 0) is 17.9 Å². The van der Waals surface area contributed by atoms with Crippen LogP contribution in [0.4, 0.5) is 5.82 Å². The molecular weight excluding hydrogens is 334 g/mol. The number of ether oxygens (including phenoxy) is 1. The van der Waals surface area contributed by atoms with E-state index in [1.807, 2.05) is 6.26 Å². The minimum absolute atomic E-state index is 0.173. The van der Waals surface area contributed by atoms with E-state index in [9.17, 15) is 15.0 Å². The molecular formula is C14H15N5O4S. The van der Waals surface area contributed by atoms with Gasteiger partial charge >= 0.3 is 0 Å². The quantitative estimate of drug-likeness (QED) is 0.487. The van der Waals surface area contributed by atoms with Gasteiger partial charge in [-0.3, -0.25) is 20.0 Å². The monoisotopic (exact) mass is 349 g/mol. The van der Waals surface area contributed by atoms with Gasteiger partial charge in [-0.2, -0.15) is 0 Å². The molecule has 2 aliphatic heterocycles. The second-order valence-corrected chi connectivity index (χ2v) is 6.56. The van der Waals surface area contributed by atoms with Gasteiger partial charge in [0.15, 0.2) is 0 Å². The van der Waals surface area contributed by atoms with Gasteiger partial charge in [-0.1, -0.05) is 6.07 Å². The molecule has 2 aromatic rings. The van der Waals surface area contributed by atoms with Crippen LogP contribution >= 0.6 is 11.8 Å². The Hall–Kier alpha value is -2.14. The Kier molecular flexibility index (Phi) is 3.32. The number of hydrogen-bond donors (Lipinski definition) is 5. The normalized spacial score (nSPS) is 27.2. The molecule has 0 aliphatic carbocycles. The third-order valence-electron chi connectivity index (χ3n) is 4.23. The first kappa shape index (κ1) is 15.4. The summed E-state index contributed by atoms with van der Waals surface area (Å²) >= 11 is 1.37. The Balaban J connectivity index is 1.82. The first-order valence-corrected chi connectivity index (χ1v) is 8.42. The van der Waals surface area contributed by atoms with Crippen molar-refractivity contribution in [1.29, 1.82) is 0 Å². The fourth-order valence-corrected chi connectivity index (χ4v) is 3.58. The number of thioether (sulfide) groups is 1. The number of nitrogens with zero attached hydrogens (tertiary/aromatic N) is 2. The van der Waals surface area contributed by atoms with E-state index in [0.717, 1.165) is 0 Å². The second-order valence-electron chi connectivity index (χ2n) is 5.56. The zero-order chi connectivity index (χ0) is 16.9. The lowest BCUT2D eigenvalue weighted by Crippen LogP contribution is -2.52. The van der Waals surface area contributed by atoms with E-state index in [0.29, 0.717) is 22.6 Å². The van der Waals surface area contributed by atoms with Crippen LogP contribution in [0, 0.1) is 0 Å². The molecule has 126 valence electrons.